The third kappa shape index (κ3) is 4.07. The lowest BCUT2D eigenvalue weighted by Crippen LogP contribution is -2.36. The van der Waals surface area contributed by atoms with Gasteiger partial charge in [0.2, 0.25) is 0 Å². The zero-order valence-corrected chi connectivity index (χ0v) is 10.5. The molecule has 0 aliphatic rings. The van der Waals surface area contributed by atoms with Crippen LogP contribution in [0.1, 0.15) is 18.5 Å². The molecule has 0 radical (unpaired) electrons. The largest absolute Gasteiger partial charge is 0.383 e. The van der Waals surface area contributed by atoms with Crippen LogP contribution in [0.4, 0.5) is 4.39 Å². The zero-order chi connectivity index (χ0) is 12.7. The van der Waals surface area contributed by atoms with Gasteiger partial charge < -0.3 is 10.5 Å². The molecule has 17 heavy (non-hydrogen) atoms. The molecule has 1 aromatic carbocycles. The molecule has 2 N–H and O–H groups in total. The van der Waals surface area contributed by atoms with Crippen LogP contribution in [0.2, 0.25) is 0 Å². The minimum Gasteiger partial charge on any atom is -0.383 e. The molecule has 0 aromatic heterocycles. The maximum Gasteiger partial charge on any atom is 0.123 e. The lowest BCUT2D eigenvalue weighted by molar-refractivity contribution is 0.125. The number of rotatable bonds is 7. The zero-order valence-electron chi connectivity index (χ0n) is 10.5. The number of nitrogens with zero attached hydrogens (tertiary/aromatic N) is 1. The molecule has 1 atom stereocenters. The van der Waals surface area contributed by atoms with Crippen molar-refractivity contribution < 1.29 is 9.13 Å². The molecule has 0 amide bonds. The van der Waals surface area contributed by atoms with Gasteiger partial charge >= 0.3 is 0 Å². The van der Waals surface area contributed by atoms with E-state index in [1.165, 1.54) is 6.07 Å². The summed E-state index contributed by atoms with van der Waals surface area (Å²) in [5, 5.41) is 0. The van der Waals surface area contributed by atoms with Gasteiger partial charge in [0.05, 0.1) is 6.61 Å². The fourth-order valence-corrected chi connectivity index (χ4v) is 1.95. The lowest BCUT2D eigenvalue weighted by atomic mass is 10.1. The highest BCUT2D eigenvalue weighted by Gasteiger charge is 2.17. The molecule has 1 unspecified atom stereocenters. The quantitative estimate of drug-likeness (QED) is 0.789. The summed E-state index contributed by atoms with van der Waals surface area (Å²) in [7, 11) is 1.67. The fraction of sp³-hybridized carbons (Fsp3) is 0.538. The van der Waals surface area contributed by atoms with Gasteiger partial charge in [-0.05, 0) is 24.2 Å². The van der Waals surface area contributed by atoms with Crippen LogP contribution in [0, 0.1) is 5.82 Å². The van der Waals surface area contributed by atoms with Gasteiger partial charge in [0.15, 0.2) is 0 Å². The van der Waals surface area contributed by atoms with Crippen LogP contribution in [0.5, 0.6) is 0 Å². The molecule has 0 spiro atoms. The first kappa shape index (κ1) is 14.1. The number of nitrogens with two attached hydrogens (primary N) is 1. The van der Waals surface area contributed by atoms with Crippen LogP contribution in [-0.4, -0.2) is 38.3 Å². The third-order valence-corrected chi connectivity index (χ3v) is 2.89. The average Bonchev–Trinajstić information content (AvgIpc) is 2.34. The van der Waals surface area contributed by atoms with E-state index in [0.29, 0.717) is 13.2 Å². The van der Waals surface area contributed by atoms with Gasteiger partial charge in [0, 0.05) is 26.2 Å². The lowest BCUT2D eigenvalue weighted by Gasteiger charge is -2.29. The molecule has 3 nitrogen and oxygen atoms in total. The Morgan fingerprint density at radius 1 is 1.47 bits per heavy atom. The average molecular weight is 240 g/mol. The van der Waals surface area contributed by atoms with E-state index in [2.05, 4.69) is 11.8 Å². The van der Waals surface area contributed by atoms with Crippen LogP contribution < -0.4 is 5.73 Å². The molecule has 4 heteroatoms. The SMILES string of the molecule is CCN(CCOC)C(CN)c1cccc(F)c1. The Kier molecular flexibility index (Phi) is 6.11. The van der Waals surface area contributed by atoms with Crippen LogP contribution >= 0.6 is 0 Å². The highest BCUT2D eigenvalue weighted by molar-refractivity contribution is 5.20. The Bertz CT molecular complexity index is 333. The Morgan fingerprint density at radius 3 is 2.76 bits per heavy atom. The summed E-state index contributed by atoms with van der Waals surface area (Å²) in [5.41, 5.74) is 6.72. The van der Waals surface area contributed by atoms with Gasteiger partial charge in [0.25, 0.3) is 0 Å². The normalized spacial score (nSPS) is 13.0. The molecular formula is C13H21FN2O. The van der Waals surface area contributed by atoms with E-state index in [4.69, 9.17) is 10.5 Å². The van der Waals surface area contributed by atoms with Gasteiger partial charge in [-0.25, -0.2) is 4.39 Å². The molecule has 0 aliphatic heterocycles. The first-order valence-electron chi connectivity index (χ1n) is 5.91. The topological polar surface area (TPSA) is 38.5 Å². The predicted octanol–water partition coefficient (Wildman–Crippen LogP) is 1.79. The van der Waals surface area contributed by atoms with E-state index < -0.39 is 0 Å². The van der Waals surface area contributed by atoms with Crippen molar-refractivity contribution in [3.63, 3.8) is 0 Å². The van der Waals surface area contributed by atoms with Crippen molar-refractivity contribution in [2.75, 3.05) is 33.4 Å². The maximum atomic E-state index is 13.2. The molecule has 0 bridgehead atoms. The molecule has 0 aliphatic carbocycles. The Morgan fingerprint density at radius 2 is 2.24 bits per heavy atom. The molecule has 0 fully saturated rings. The van der Waals surface area contributed by atoms with E-state index in [-0.39, 0.29) is 11.9 Å². The van der Waals surface area contributed by atoms with Crippen molar-refractivity contribution in [1.29, 1.82) is 0 Å². The summed E-state index contributed by atoms with van der Waals surface area (Å²) in [5.74, 6) is -0.219. The van der Waals surface area contributed by atoms with Gasteiger partial charge in [-0.2, -0.15) is 0 Å². The first-order valence-corrected chi connectivity index (χ1v) is 5.91. The van der Waals surface area contributed by atoms with Gasteiger partial charge in [0.1, 0.15) is 5.82 Å². The first-order chi connectivity index (χ1) is 8.22. The summed E-state index contributed by atoms with van der Waals surface area (Å²) >= 11 is 0. The second-order valence-electron chi connectivity index (χ2n) is 3.93. The number of methoxy groups -OCH3 is 1. The Labute approximate surface area is 102 Å². The smallest absolute Gasteiger partial charge is 0.123 e. The molecule has 0 saturated carbocycles. The second-order valence-corrected chi connectivity index (χ2v) is 3.93. The fourth-order valence-electron chi connectivity index (χ4n) is 1.95. The Hall–Kier alpha value is -0.970. The summed E-state index contributed by atoms with van der Waals surface area (Å²) in [4.78, 5) is 2.19. The van der Waals surface area contributed by atoms with E-state index in [9.17, 15) is 4.39 Å². The molecule has 96 valence electrons. The van der Waals surface area contributed by atoms with E-state index in [1.807, 2.05) is 6.07 Å². The molecular weight excluding hydrogens is 219 g/mol. The highest BCUT2D eigenvalue weighted by atomic mass is 19.1. The molecule has 0 heterocycles. The van der Waals surface area contributed by atoms with Gasteiger partial charge in [-0.15, -0.1) is 0 Å². The predicted molar refractivity (Wildman–Crippen MR) is 67.3 cm³/mol. The van der Waals surface area contributed by atoms with Crippen molar-refractivity contribution in [3.8, 4) is 0 Å². The number of benzene rings is 1. The summed E-state index contributed by atoms with van der Waals surface area (Å²) in [6.07, 6.45) is 0. The highest BCUT2D eigenvalue weighted by Crippen LogP contribution is 2.19. The number of hydrogen-bond donors (Lipinski definition) is 1. The number of halogens is 1. The second kappa shape index (κ2) is 7.37. The summed E-state index contributed by atoms with van der Waals surface area (Å²) in [6, 6.07) is 6.68. The maximum absolute atomic E-state index is 13.2. The van der Waals surface area contributed by atoms with Gasteiger partial charge in [-0.1, -0.05) is 19.1 Å². The number of ether oxygens (including phenoxy) is 1. The van der Waals surface area contributed by atoms with E-state index in [1.54, 1.807) is 19.2 Å². The summed E-state index contributed by atoms with van der Waals surface area (Å²) in [6.45, 7) is 4.85. The van der Waals surface area contributed by atoms with Crippen LogP contribution in [0.3, 0.4) is 0 Å². The van der Waals surface area contributed by atoms with E-state index in [0.717, 1.165) is 18.7 Å². The molecule has 1 aromatic rings. The third-order valence-electron chi connectivity index (χ3n) is 2.89. The van der Waals surface area contributed by atoms with Crippen molar-refractivity contribution in [1.82, 2.24) is 4.90 Å². The van der Waals surface area contributed by atoms with Gasteiger partial charge in [-0.3, -0.25) is 4.90 Å². The monoisotopic (exact) mass is 240 g/mol. The Balaban J connectivity index is 2.81. The van der Waals surface area contributed by atoms with Crippen LogP contribution in [0.15, 0.2) is 24.3 Å². The standard InChI is InChI=1S/C13H21FN2O/c1-3-16(7-8-17-2)13(10-15)11-5-4-6-12(14)9-11/h4-6,9,13H,3,7-8,10,15H2,1-2H3. The van der Waals surface area contributed by atoms with Crippen molar-refractivity contribution in [3.05, 3.63) is 35.6 Å². The number of likely N-dealkylation sites (N-methyl/N-ethyl adjacent to an activating group) is 1. The number of hydrogen-bond acceptors (Lipinski definition) is 3. The van der Waals surface area contributed by atoms with Crippen molar-refractivity contribution >= 4 is 0 Å². The molecule has 0 saturated heterocycles. The minimum absolute atomic E-state index is 0.0471. The van der Waals surface area contributed by atoms with Crippen molar-refractivity contribution in [2.24, 2.45) is 5.73 Å². The van der Waals surface area contributed by atoms with Crippen molar-refractivity contribution in [2.45, 2.75) is 13.0 Å². The molecule has 1 rings (SSSR count). The minimum atomic E-state index is -0.219. The van der Waals surface area contributed by atoms with Crippen LogP contribution in [0.25, 0.3) is 0 Å². The summed E-state index contributed by atoms with van der Waals surface area (Å²) < 4.78 is 18.3. The van der Waals surface area contributed by atoms with Crippen LogP contribution in [-0.2, 0) is 4.74 Å². The van der Waals surface area contributed by atoms with E-state index >= 15 is 0 Å².